The number of carbonyl (C=O) groups is 2. The number of hydrogen-bond donors (Lipinski definition) is 1. The Morgan fingerprint density at radius 1 is 1.33 bits per heavy atom. The lowest BCUT2D eigenvalue weighted by Crippen LogP contribution is -2.49. The zero-order valence-electron chi connectivity index (χ0n) is 13.2. The van der Waals surface area contributed by atoms with E-state index < -0.39 is 18.0 Å². The number of benzene rings is 1. The molecule has 24 heavy (non-hydrogen) atoms. The lowest BCUT2D eigenvalue weighted by atomic mass is 9.97. The molecule has 0 spiro atoms. The highest BCUT2D eigenvalue weighted by Gasteiger charge is 2.44. The van der Waals surface area contributed by atoms with Gasteiger partial charge in [0, 0.05) is 25.2 Å². The summed E-state index contributed by atoms with van der Waals surface area (Å²) in [6.45, 7) is 0.0251. The summed E-state index contributed by atoms with van der Waals surface area (Å²) in [7, 11) is 1.52. The minimum absolute atomic E-state index is 0.0225. The number of alkyl halides is 3. The van der Waals surface area contributed by atoms with E-state index in [2.05, 4.69) is 5.32 Å². The highest BCUT2D eigenvalue weighted by atomic mass is 19.4. The van der Waals surface area contributed by atoms with E-state index in [1.165, 1.54) is 7.11 Å². The highest BCUT2D eigenvalue weighted by molar-refractivity contribution is 5.84. The minimum Gasteiger partial charge on any atom is -0.496 e. The zero-order chi connectivity index (χ0) is 17.7. The van der Waals surface area contributed by atoms with Gasteiger partial charge in [0.1, 0.15) is 5.75 Å². The Bertz CT molecular complexity index is 604. The summed E-state index contributed by atoms with van der Waals surface area (Å²) >= 11 is 0. The van der Waals surface area contributed by atoms with E-state index in [4.69, 9.17) is 4.74 Å². The first-order valence-corrected chi connectivity index (χ1v) is 7.58. The summed E-state index contributed by atoms with van der Waals surface area (Å²) < 4.78 is 42.7. The molecule has 0 radical (unpaired) electrons. The molecule has 0 aliphatic carbocycles. The molecule has 0 saturated carbocycles. The summed E-state index contributed by atoms with van der Waals surface area (Å²) in [6.07, 6.45) is -4.08. The predicted octanol–water partition coefficient (Wildman–Crippen LogP) is 2.11. The SMILES string of the molecule is COc1ccccc1CNC(=O)C1CCCN(C(=O)C(F)(F)F)C1. The van der Waals surface area contributed by atoms with Crippen molar-refractivity contribution in [2.45, 2.75) is 25.6 Å². The van der Waals surface area contributed by atoms with Crippen molar-refractivity contribution in [3.8, 4) is 5.75 Å². The minimum atomic E-state index is -4.91. The van der Waals surface area contributed by atoms with Crippen LogP contribution in [0, 0.1) is 5.92 Å². The molecule has 0 bridgehead atoms. The number of hydrogen-bond acceptors (Lipinski definition) is 3. The largest absolute Gasteiger partial charge is 0.496 e. The second-order valence-electron chi connectivity index (χ2n) is 5.62. The third kappa shape index (κ3) is 4.39. The predicted molar refractivity (Wildman–Crippen MR) is 80.2 cm³/mol. The van der Waals surface area contributed by atoms with E-state index in [-0.39, 0.29) is 25.5 Å². The summed E-state index contributed by atoms with van der Waals surface area (Å²) in [5.74, 6) is -2.26. The molecule has 2 rings (SSSR count). The van der Waals surface area contributed by atoms with Gasteiger partial charge >= 0.3 is 12.1 Å². The highest BCUT2D eigenvalue weighted by Crippen LogP contribution is 2.24. The smallest absolute Gasteiger partial charge is 0.471 e. The van der Waals surface area contributed by atoms with Crippen molar-refractivity contribution in [1.29, 1.82) is 0 Å². The van der Waals surface area contributed by atoms with Gasteiger partial charge in [-0.25, -0.2) is 0 Å². The third-order valence-corrected chi connectivity index (χ3v) is 3.97. The van der Waals surface area contributed by atoms with Crippen LogP contribution in [0.4, 0.5) is 13.2 Å². The maximum absolute atomic E-state index is 12.5. The summed E-state index contributed by atoms with van der Waals surface area (Å²) in [4.78, 5) is 24.2. The van der Waals surface area contributed by atoms with Crippen LogP contribution in [-0.2, 0) is 16.1 Å². The lowest BCUT2D eigenvalue weighted by Gasteiger charge is -2.32. The molecule has 1 fully saturated rings. The van der Waals surface area contributed by atoms with Gasteiger partial charge < -0.3 is 15.0 Å². The second kappa shape index (κ2) is 7.55. The number of ether oxygens (including phenoxy) is 1. The van der Waals surface area contributed by atoms with Crippen LogP contribution in [0.15, 0.2) is 24.3 Å². The van der Waals surface area contributed by atoms with E-state index in [0.29, 0.717) is 23.5 Å². The molecule has 1 atom stereocenters. The van der Waals surface area contributed by atoms with Crippen LogP contribution in [0.3, 0.4) is 0 Å². The average Bonchev–Trinajstić information content (AvgIpc) is 2.58. The van der Waals surface area contributed by atoms with Crippen molar-refractivity contribution in [2.75, 3.05) is 20.2 Å². The molecular formula is C16H19F3N2O3. The number of amides is 2. The number of nitrogens with zero attached hydrogens (tertiary/aromatic N) is 1. The molecule has 132 valence electrons. The monoisotopic (exact) mass is 344 g/mol. The Kier molecular flexibility index (Phi) is 5.69. The molecule has 5 nitrogen and oxygen atoms in total. The maximum Gasteiger partial charge on any atom is 0.471 e. The number of piperidine rings is 1. The van der Waals surface area contributed by atoms with Crippen molar-refractivity contribution < 1.29 is 27.5 Å². The van der Waals surface area contributed by atoms with Gasteiger partial charge in [-0.1, -0.05) is 18.2 Å². The van der Waals surface area contributed by atoms with Crippen LogP contribution in [0.1, 0.15) is 18.4 Å². The molecule has 1 saturated heterocycles. The van der Waals surface area contributed by atoms with Gasteiger partial charge in [-0.15, -0.1) is 0 Å². The van der Waals surface area contributed by atoms with Crippen LogP contribution in [-0.4, -0.2) is 43.1 Å². The normalized spacial score (nSPS) is 18.2. The van der Waals surface area contributed by atoms with Crippen molar-refractivity contribution in [1.82, 2.24) is 10.2 Å². The summed E-state index contributed by atoms with van der Waals surface area (Å²) in [5.41, 5.74) is 0.771. The first-order chi connectivity index (χ1) is 11.3. The molecule has 1 aromatic rings. The average molecular weight is 344 g/mol. The molecule has 1 N–H and O–H groups in total. The van der Waals surface area contributed by atoms with Gasteiger partial charge in [0.05, 0.1) is 13.0 Å². The Hall–Kier alpha value is -2.25. The zero-order valence-corrected chi connectivity index (χ0v) is 13.2. The van der Waals surface area contributed by atoms with E-state index in [1.54, 1.807) is 24.3 Å². The van der Waals surface area contributed by atoms with E-state index in [1.807, 2.05) is 0 Å². The number of methoxy groups -OCH3 is 1. The number of likely N-dealkylation sites (tertiary alicyclic amines) is 1. The Morgan fingerprint density at radius 2 is 2.04 bits per heavy atom. The number of halogens is 3. The Morgan fingerprint density at radius 3 is 2.71 bits per heavy atom. The molecule has 8 heteroatoms. The van der Waals surface area contributed by atoms with Gasteiger partial charge in [-0.3, -0.25) is 9.59 Å². The molecule has 1 aliphatic rings. The quantitative estimate of drug-likeness (QED) is 0.910. The van der Waals surface area contributed by atoms with Gasteiger partial charge in [-0.05, 0) is 18.9 Å². The van der Waals surface area contributed by atoms with E-state index in [0.717, 1.165) is 5.56 Å². The molecule has 1 aromatic carbocycles. The van der Waals surface area contributed by atoms with E-state index >= 15 is 0 Å². The van der Waals surface area contributed by atoms with E-state index in [9.17, 15) is 22.8 Å². The fraction of sp³-hybridized carbons (Fsp3) is 0.500. The molecule has 2 amide bonds. The summed E-state index contributed by atoms with van der Waals surface area (Å²) in [6, 6.07) is 7.14. The Labute approximate surface area is 137 Å². The molecular weight excluding hydrogens is 325 g/mol. The van der Waals surface area contributed by atoms with Crippen molar-refractivity contribution in [3.05, 3.63) is 29.8 Å². The van der Waals surface area contributed by atoms with Gasteiger partial charge in [-0.2, -0.15) is 13.2 Å². The van der Waals surface area contributed by atoms with Gasteiger partial charge in [0.25, 0.3) is 0 Å². The fourth-order valence-corrected chi connectivity index (χ4v) is 2.73. The van der Waals surface area contributed by atoms with Crippen molar-refractivity contribution >= 4 is 11.8 Å². The van der Waals surface area contributed by atoms with Crippen molar-refractivity contribution in [3.63, 3.8) is 0 Å². The summed E-state index contributed by atoms with van der Waals surface area (Å²) in [5, 5.41) is 2.70. The number of para-hydroxylation sites is 1. The molecule has 0 aromatic heterocycles. The van der Waals surface area contributed by atoms with Crippen LogP contribution in [0.25, 0.3) is 0 Å². The second-order valence-corrected chi connectivity index (χ2v) is 5.62. The van der Waals surface area contributed by atoms with Crippen LogP contribution in [0.2, 0.25) is 0 Å². The van der Waals surface area contributed by atoms with Crippen LogP contribution in [0.5, 0.6) is 5.75 Å². The van der Waals surface area contributed by atoms with Crippen LogP contribution >= 0.6 is 0 Å². The first kappa shape index (κ1) is 18.1. The fourth-order valence-electron chi connectivity index (χ4n) is 2.73. The molecule has 1 heterocycles. The Balaban J connectivity index is 1.93. The first-order valence-electron chi connectivity index (χ1n) is 7.58. The lowest BCUT2D eigenvalue weighted by molar-refractivity contribution is -0.187. The van der Waals surface area contributed by atoms with Crippen LogP contribution < -0.4 is 10.1 Å². The van der Waals surface area contributed by atoms with Gasteiger partial charge in [0.15, 0.2) is 0 Å². The topological polar surface area (TPSA) is 58.6 Å². The number of nitrogens with one attached hydrogen (secondary N) is 1. The molecule has 1 unspecified atom stereocenters. The van der Waals surface area contributed by atoms with Gasteiger partial charge in [0.2, 0.25) is 5.91 Å². The third-order valence-electron chi connectivity index (χ3n) is 3.97. The number of carbonyl (C=O) groups excluding carboxylic acids is 2. The number of rotatable bonds is 4. The molecule has 1 aliphatic heterocycles. The van der Waals surface area contributed by atoms with Crippen molar-refractivity contribution in [2.24, 2.45) is 5.92 Å². The maximum atomic E-state index is 12.5. The standard InChI is InChI=1S/C16H19F3N2O3/c1-24-13-7-3-2-5-11(13)9-20-14(22)12-6-4-8-21(10-12)15(23)16(17,18)19/h2-3,5,7,12H,4,6,8-10H2,1H3,(H,20,22).